The average molecular weight is 305 g/mol. The fourth-order valence-corrected chi connectivity index (χ4v) is 3.53. The Morgan fingerprint density at radius 2 is 2.24 bits per heavy atom. The molecule has 3 rings (SSSR count). The van der Waals surface area contributed by atoms with Crippen molar-refractivity contribution in [2.75, 3.05) is 19.0 Å². The monoisotopic (exact) mass is 305 g/mol. The highest BCUT2D eigenvalue weighted by Gasteiger charge is 2.15. The van der Waals surface area contributed by atoms with Gasteiger partial charge in [0.05, 0.1) is 23.9 Å². The molecule has 0 aliphatic heterocycles. The maximum absolute atomic E-state index is 11.9. The zero-order valence-electron chi connectivity index (χ0n) is 12.0. The summed E-state index contributed by atoms with van der Waals surface area (Å²) in [6.45, 7) is 0.351. The Kier molecular flexibility index (Phi) is 4.36. The van der Waals surface area contributed by atoms with Crippen LogP contribution in [0.4, 0.5) is 5.13 Å². The van der Waals surface area contributed by atoms with Gasteiger partial charge in [-0.3, -0.25) is 4.79 Å². The van der Waals surface area contributed by atoms with Crippen LogP contribution in [0.5, 0.6) is 5.75 Å². The largest absolute Gasteiger partial charge is 0.497 e. The molecular weight excluding hydrogens is 286 g/mol. The highest BCUT2D eigenvalue weighted by Crippen LogP contribution is 2.29. The van der Waals surface area contributed by atoms with Crippen molar-refractivity contribution in [3.63, 3.8) is 0 Å². The Labute approximate surface area is 127 Å². The zero-order chi connectivity index (χ0) is 14.7. The van der Waals surface area contributed by atoms with Crippen LogP contribution in [0.15, 0.2) is 18.2 Å². The molecule has 1 aliphatic rings. The molecule has 112 valence electrons. The maximum Gasteiger partial charge on any atom is 0.240 e. The number of carbonyl (C=O) groups is 1. The molecule has 0 saturated heterocycles. The third kappa shape index (κ3) is 3.51. The van der Waals surface area contributed by atoms with Crippen molar-refractivity contribution in [1.29, 1.82) is 0 Å². The van der Waals surface area contributed by atoms with E-state index in [1.54, 1.807) is 7.11 Å². The summed E-state index contributed by atoms with van der Waals surface area (Å²) in [6.07, 6.45) is 4.88. The summed E-state index contributed by atoms with van der Waals surface area (Å²) in [6, 6.07) is 6.20. The summed E-state index contributed by atoms with van der Waals surface area (Å²) in [7, 11) is 1.64. The van der Waals surface area contributed by atoms with Crippen molar-refractivity contribution in [1.82, 2.24) is 10.3 Å². The van der Waals surface area contributed by atoms with Crippen molar-refractivity contribution in [2.24, 2.45) is 0 Å². The normalized spacial score (nSPS) is 15.5. The quantitative estimate of drug-likeness (QED) is 0.891. The Balaban J connectivity index is 1.59. The zero-order valence-corrected chi connectivity index (χ0v) is 12.8. The molecule has 1 aromatic carbocycles. The second kappa shape index (κ2) is 6.41. The Hall–Kier alpha value is -1.66. The fourth-order valence-electron chi connectivity index (χ4n) is 2.62. The number of benzene rings is 1. The minimum absolute atomic E-state index is 0.0343. The highest BCUT2D eigenvalue weighted by molar-refractivity contribution is 7.22. The number of ether oxygens (including phenoxy) is 1. The first-order chi connectivity index (χ1) is 10.2. The van der Waals surface area contributed by atoms with Crippen molar-refractivity contribution >= 4 is 32.6 Å². The third-order valence-corrected chi connectivity index (χ3v) is 4.68. The van der Waals surface area contributed by atoms with Crippen LogP contribution in [0, 0.1) is 0 Å². The lowest BCUT2D eigenvalue weighted by atomic mass is 10.2. The molecule has 6 heteroatoms. The molecule has 1 aromatic heterocycles. The number of amides is 1. The number of hydrogen-bond donors (Lipinski definition) is 2. The summed E-state index contributed by atoms with van der Waals surface area (Å²) in [5.74, 6) is 0.764. The molecule has 2 N–H and O–H groups in total. The van der Waals surface area contributed by atoms with Crippen LogP contribution in [-0.2, 0) is 4.79 Å². The van der Waals surface area contributed by atoms with E-state index in [1.807, 2.05) is 18.2 Å². The van der Waals surface area contributed by atoms with E-state index in [1.165, 1.54) is 37.0 Å². The molecule has 1 aliphatic carbocycles. The second-order valence-electron chi connectivity index (χ2n) is 5.26. The molecule has 0 spiro atoms. The standard InChI is InChI=1S/C15H19N3O2S/c1-20-11-6-7-12-13(8-11)21-15(17-12)18-14(19)9-16-10-4-2-3-5-10/h6-8,10,16H,2-5,9H2,1H3,(H,17,18,19). The number of carbonyl (C=O) groups excluding carboxylic acids is 1. The Bertz CT molecular complexity index is 635. The summed E-state index contributed by atoms with van der Waals surface area (Å²) < 4.78 is 6.20. The van der Waals surface area contributed by atoms with Gasteiger partial charge in [-0.1, -0.05) is 24.2 Å². The van der Waals surface area contributed by atoms with Crippen molar-refractivity contribution in [3.05, 3.63) is 18.2 Å². The van der Waals surface area contributed by atoms with Gasteiger partial charge in [0.15, 0.2) is 5.13 Å². The molecule has 1 amide bonds. The van der Waals surface area contributed by atoms with E-state index in [2.05, 4.69) is 15.6 Å². The minimum Gasteiger partial charge on any atom is -0.497 e. The van der Waals surface area contributed by atoms with Gasteiger partial charge in [0, 0.05) is 6.04 Å². The molecule has 1 fully saturated rings. The van der Waals surface area contributed by atoms with Crippen LogP contribution in [0.3, 0.4) is 0 Å². The maximum atomic E-state index is 11.9. The van der Waals surface area contributed by atoms with E-state index in [0.717, 1.165) is 16.0 Å². The SMILES string of the molecule is COc1ccc2nc(NC(=O)CNC3CCCC3)sc2c1. The average Bonchev–Trinajstić information content (AvgIpc) is 3.13. The second-order valence-corrected chi connectivity index (χ2v) is 6.29. The summed E-state index contributed by atoms with van der Waals surface area (Å²) >= 11 is 1.46. The fraction of sp³-hybridized carbons (Fsp3) is 0.467. The number of hydrogen-bond acceptors (Lipinski definition) is 5. The van der Waals surface area contributed by atoms with Crippen LogP contribution >= 0.6 is 11.3 Å². The van der Waals surface area contributed by atoms with Crippen LogP contribution < -0.4 is 15.4 Å². The highest BCUT2D eigenvalue weighted by atomic mass is 32.1. The van der Waals surface area contributed by atoms with Gasteiger partial charge in [-0.05, 0) is 31.0 Å². The van der Waals surface area contributed by atoms with Crippen LogP contribution in [0.2, 0.25) is 0 Å². The van der Waals surface area contributed by atoms with E-state index in [4.69, 9.17) is 4.74 Å². The van der Waals surface area contributed by atoms with Gasteiger partial charge in [0.1, 0.15) is 5.75 Å². The Morgan fingerprint density at radius 1 is 1.43 bits per heavy atom. The lowest BCUT2D eigenvalue weighted by Gasteiger charge is -2.10. The van der Waals surface area contributed by atoms with Crippen LogP contribution in [0.1, 0.15) is 25.7 Å². The molecule has 0 atom stereocenters. The Morgan fingerprint density at radius 3 is 3.00 bits per heavy atom. The number of aromatic nitrogens is 1. The van der Waals surface area contributed by atoms with Gasteiger partial charge in [0.25, 0.3) is 0 Å². The van der Waals surface area contributed by atoms with Gasteiger partial charge in [-0.25, -0.2) is 4.98 Å². The molecule has 1 saturated carbocycles. The lowest BCUT2D eigenvalue weighted by molar-refractivity contribution is -0.115. The van der Waals surface area contributed by atoms with Gasteiger partial charge < -0.3 is 15.4 Å². The molecule has 5 nitrogen and oxygen atoms in total. The molecule has 0 bridgehead atoms. The number of nitrogens with one attached hydrogen (secondary N) is 2. The number of methoxy groups -OCH3 is 1. The number of rotatable bonds is 5. The van der Waals surface area contributed by atoms with Gasteiger partial charge in [-0.2, -0.15) is 0 Å². The van der Waals surface area contributed by atoms with Crippen molar-refractivity contribution in [3.8, 4) is 5.75 Å². The molecule has 0 radical (unpaired) electrons. The molecule has 2 aromatic rings. The minimum atomic E-state index is -0.0343. The first-order valence-corrected chi connectivity index (χ1v) is 8.04. The summed E-state index contributed by atoms with van der Waals surface area (Å²) in [5.41, 5.74) is 0.875. The molecular formula is C15H19N3O2S. The number of nitrogens with zero attached hydrogens (tertiary/aromatic N) is 1. The topological polar surface area (TPSA) is 63.2 Å². The summed E-state index contributed by atoms with van der Waals surface area (Å²) in [5, 5.41) is 6.79. The van der Waals surface area contributed by atoms with Gasteiger partial charge in [0.2, 0.25) is 5.91 Å². The molecule has 0 unspecified atom stereocenters. The predicted octanol–water partition coefficient (Wildman–Crippen LogP) is 2.78. The van der Waals surface area contributed by atoms with E-state index in [-0.39, 0.29) is 5.91 Å². The van der Waals surface area contributed by atoms with E-state index < -0.39 is 0 Å². The number of fused-ring (bicyclic) bond motifs is 1. The predicted molar refractivity (Wildman–Crippen MR) is 85.1 cm³/mol. The van der Waals surface area contributed by atoms with Gasteiger partial charge in [-0.15, -0.1) is 0 Å². The van der Waals surface area contributed by atoms with E-state index >= 15 is 0 Å². The van der Waals surface area contributed by atoms with Gasteiger partial charge >= 0.3 is 0 Å². The first kappa shape index (κ1) is 14.3. The molecule has 1 heterocycles. The molecule has 21 heavy (non-hydrogen) atoms. The lowest BCUT2D eigenvalue weighted by Crippen LogP contribution is -2.34. The van der Waals surface area contributed by atoms with Crippen molar-refractivity contribution < 1.29 is 9.53 Å². The van der Waals surface area contributed by atoms with E-state index in [0.29, 0.717) is 17.7 Å². The summed E-state index contributed by atoms with van der Waals surface area (Å²) in [4.78, 5) is 16.3. The third-order valence-electron chi connectivity index (χ3n) is 3.75. The number of anilines is 1. The van der Waals surface area contributed by atoms with Crippen molar-refractivity contribution in [2.45, 2.75) is 31.7 Å². The smallest absolute Gasteiger partial charge is 0.240 e. The van der Waals surface area contributed by atoms with E-state index in [9.17, 15) is 4.79 Å². The first-order valence-electron chi connectivity index (χ1n) is 7.22. The number of thiazole rings is 1. The van der Waals surface area contributed by atoms with Crippen LogP contribution in [-0.4, -0.2) is 30.6 Å². The van der Waals surface area contributed by atoms with Crippen LogP contribution in [0.25, 0.3) is 10.2 Å².